The molecule has 0 aliphatic rings. The Hall–Kier alpha value is -1.91. The molecule has 2 aromatic rings. The smallest absolute Gasteiger partial charge is 0.225 e. The van der Waals surface area contributed by atoms with E-state index in [1.807, 2.05) is 18.2 Å². The first kappa shape index (κ1) is 17.4. The molecule has 5 heteroatoms. The summed E-state index contributed by atoms with van der Waals surface area (Å²) in [5, 5.41) is 5.94. The summed E-state index contributed by atoms with van der Waals surface area (Å²) < 4.78 is 13.0. The number of rotatable bonds is 8. The first-order valence-electron chi connectivity index (χ1n) is 7.65. The maximum atomic E-state index is 13.0. The molecule has 2 rings (SSSR count). The van der Waals surface area contributed by atoms with Crippen molar-refractivity contribution in [3.63, 3.8) is 0 Å². The van der Waals surface area contributed by atoms with Gasteiger partial charge < -0.3 is 10.6 Å². The van der Waals surface area contributed by atoms with Gasteiger partial charge in [-0.25, -0.2) is 4.39 Å². The van der Waals surface area contributed by atoms with Crippen molar-refractivity contribution in [2.75, 3.05) is 18.4 Å². The van der Waals surface area contributed by atoms with Gasteiger partial charge in [0, 0.05) is 18.7 Å². The Morgan fingerprint density at radius 2 is 1.87 bits per heavy atom. The van der Waals surface area contributed by atoms with E-state index in [0.717, 1.165) is 19.4 Å². The van der Waals surface area contributed by atoms with Gasteiger partial charge in [0.25, 0.3) is 0 Å². The third-order valence-electron chi connectivity index (χ3n) is 3.39. The minimum Gasteiger partial charge on any atom is -0.326 e. The van der Waals surface area contributed by atoms with Gasteiger partial charge in [-0.05, 0) is 43.1 Å². The van der Waals surface area contributed by atoms with Crippen molar-refractivity contribution in [2.24, 2.45) is 0 Å². The molecule has 0 atom stereocenters. The molecule has 0 aliphatic carbocycles. The van der Waals surface area contributed by atoms with Crippen molar-refractivity contribution in [2.45, 2.75) is 19.3 Å². The minimum atomic E-state index is -0.496. The zero-order chi connectivity index (χ0) is 16.5. The molecule has 0 saturated heterocycles. The molecule has 2 aromatic carbocycles. The lowest BCUT2D eigenvalue weighted by atomic mass is 10.1. The lowest BCUT2D eigenvalue weighted by molar-refractivity contribution is -0.116. The molecule has 0 aromatic heterocycles. The molecule has 23 heavy (non-hydrogen) atoms. The highest BCUT2D eigenvalue weighted by Crippen LogP contribution is 2.19. The Balaban J connectivity index is 1.58. The molecule has 0 saturated carbocycles. The Morgan fingerprint density at radius 3 is 2.61 bits per heavy atom. The van der Waals surface area contributed by atoms with Crippen molar-refractivity contribution in [1.82, 2.24) is 5.32 Å². The van der Waals surface area contributed by atoms with Crippen LogP contribution in [0.2, 0.25) is 5.02 Å². The van der Waals surface area contributed by atoms with Crippen LogP contribution < -0.4 is 10.6 Å². The summed E-state index contributed by atoms with van der Waals surface area (Å²) in [5.74, 6) is -0.618. The first-order chi connectivity index (χ1) is 11.1. The van der Waals surface area contributed by atoms with Crippen molar-refractivity contribution in [3.8, 4) is 0 Å². The molecule has 0 radical (unpaired) electrons. The third-order valence-corrected chi connectivity index (χ3v) is 3.68. The normalized spacial score (nSPS) is 10.5. The van der Waals surface area contributed by atoms with Crippen LogP contribution in [0, 0.1) is 5.82 Å². The van der Waals surface area contributed by atoms with Gasteiger partial charge in [-0.3, -0.25) is 4.79 Å². The third kappa shape index (κ3) is 6.38. The van der Waals surface area contributed by atoms with Crippen LogP contribution in [0.25, 0.3) is 0 Å². The van der Waals surface area contributed by atoms with E-state index in [1.54, 1.807) is 0 Å². The molecule has 122 valence electrons. The number of amides is 1. The zero-order valence-corrected chi connectivity index (χ0v) is 13.6. The number of hydrogen-bond acceptors (Lipinski definition) is 2. The van der Waals surface area contributed by atoms with E-state index in [2.05, 4.69) is 22.8 Å². The average Bonchev–Trinajstić information content (AvgIpc) is 2.55. The Kier molecular flexibility index (Phi) is 7.04. The van der Waals surface area contributed by atoms with Crippen LogP contribution in [0.1, 0.15) is 18.4 Å². The van der Waals surface area contributed by atoms with Gasteiger partial charge in [-0.15, -0.1) is 0 Å². The van der Waals surface area contributed by atoms with Gasteiger partial charge in [0.05, 0.1) is 5.02 Å². The predicted octanol–water partition coefficient (Wildman–Crippen LogP) is 4.03. The second-order valence-corrected chi connectivity index (χ2v) is 5.67. The largest absolute Gasteiger partial charge is 0.326 e. The molecule has 0 spiro atoms. The molecule has 1 amide bonds. The second-order valence-electron chi connectivity index (χ2n) is 5.27. The van der Waals surface area contributed by atoms with E-state index in [4.69, 9.17) is 11.6 Å². The number of anilines is 1. The van der Waals surface area contributed by atoms with Gasteiger partial charge >= 0.3 is 0 Å². The van der Waals surface area contributed by atoms with Crippen LogP contribution in [0.3, 0.4) is 0 Å². The van der Waals surface area contributed by atoms with Gasteiger partial charge in [0.2, 0.25) is 5.91 Å². The minimum absolute atomic E-state index is 0.00170. The molecule has 2 N–H and O–H groups in total. The highest BCUT2D eigenvalue weighted by molar-refractivity contribution is 6.31. The van der Waals surface area contributed by atoms with E-state index >= 15 is 0 Å². The fourth-order valence-electron chi connectivity index (χ4n) is 2.19. The summed E-state index contributed by atoms with van der Waals surface area (Å²) in [7, 11) is 0. The fourth-order valence-corrected chi connectivity index (χ4v) is 2.37. The van der Waals surface area contributed by atoms with E-state index < -0.39 is 5.82 Å². The van der Waals surface area contributed by atoms with Crippen LogP contribution in [0.4, 0.5) is 10.1 Å². The highest BCUT2D eigenvalue weighted by Gasteiger charge is 2.05. The summed E-state index contributed by atoms with van der Waals surface area (Å²) >= 11 is 5.67. The lowest BCUT2D eigenvalue weighted by Crippen LogP contribution is -2.23. The van der Waals surface area contributed by atoms with Crippen LogP contribution in [0.15, 0.2) is 48.5 Å². The van der Waals surface area contributed by atoms with Crippen LogP contribution in [0.5, 0.6) is 0 Å². The number of nitrogens with one attached hydrogen (secondary N) is 2. The molecule has 0 heterocycles. The van der Waals surface area contributed by atoms with Crippen LogP contribution in [-0.4, -0.2) is 19.0 Å². The number of benzene rings is 2. The molecule has 0 fully saturated rings. The quantitative estimate of drug-likeness (QED) is 0.716. The van der Waals surface area contributed by atoms with Gasteiger partial charge in [0.15, 0.2) is 0 Å². The molecule has 0 unspecified atom stereocenters. The van der Waals surface area contributed by atoms with E-state index in [9.17, 15) is 9.18 Å². The monoisotopic (exact) mass is 334 g/mol. The number of carbonyl (C=O) groups excluding carboxylic acids is 1. The van der Waals surface area contributed by atoms with Gasteiger partial charge in [-0.1, -0.05) is 41.9 Å². The Morgan fingerprint density at radius 1 is 1.09 bits per heavy atom. The van der Waals surface area contributed by atoms with Gasteiger partial charge in [-0.2, -0.15) is 0 Å². The van der Waals surface area contributed by atoms with Crippen molar-refractivity contribution in [3.05, 3.63) is 64.9 Å². The molecular weight excluding hydrogens is 315 g/mol. The Bertz CT molecular complexity index is 634. The van der Waals surface area contributed by atoms with E-state index in [0.29, 0.717) is 18.7 Å². The lowest BCUT2D eigenvalue weighted by Gasteiger charge is -2.07. The standard InChI is InChI=1S/C18H20ClFN2O/c19-16-13-15(8-9-17(16)20)22-18(23)10-12-21-11-4-7-14-5-2-1-3-6-14/h1-3,5-6,8-9,13,21H,4,7,10-12H2,(H,22,23). The Labute approximate surface area is 140 Å². The van der Waals surface area contributed by atoms with Crippen molar-refractivity contribution >= 4 is 23.2 Å². The van der Waals surface area contributed by atoms with Gasteiger partial charge in [0.1, 0.15) is 5.82 Å². The van der Waals surface area contributed by atoms with Crippen molar-refractivity contribution < 1.29 is 9.18 Å². The first-order valence-corrected chi connectivity index (χ1v) is 8.02. The molecule has 0 aliphatic heterocycles. The van der Waals surface area contributed by atoms with E-state index in [1.165, 1.54) is 23.8 Å². The summed E-state index contributed by atoms with van der Waals surface area (Å²) in [5.41, 5.74) is 1.82. The number of aryl methyl sites for hydroxylation is 1. The average molecular weight is 335 g/mol. The summed E-state index contributed by atoms with van der Waals surface area (Å²) in [6, 6.07) is 14.4. The zero-order valence-electron chi connectivity index (χ0n) is 12.8. The van der Waals surface area contributed by atoms with Crippen LogP contribution >= 0.6 is 11.6 Å². The number of halogens is 2. The topological polar surface area (TPSA) is 41.1 Å². The summed E-state index contributed by atoms with van der Waals surface area (Å²) in [4.78, 5) is 11.8. The van der Waals surface area contributed by atoms with Crippen LogP contribution in [-0.2, 0) is 11.2 Å². The van der Waals surface area contributed by atoms with E-state index in [-0.39, 0.29) is 10.9 Å². The SMILES string of the molecule is O=C(CCNCCCc1ccccc1)Nc1ccc(F)c(Cl)c1. The maximum absolute atomic E-state index is 13.0. The fraction of sp³-hybridized carbons (Fsp3) is 0.278. The second kappa shape index (κ2) is 9.28. The number of hydrogen-bond donors (Lipinski definition) is 2. The maximum Gasteiger partial charge on any atom is 0.225 e. The summed E-state index contributed by atoms with van der Waals surface area (Å²) in [6.45, 7) is 1.47. The predicted molar refractivity (Wildman–Crippen MR) is 92.3 cm³/mol. The molecule has 0 bridgehead atoms. The molecule has 3 nitrogen and oxygen atoms in total. The van der Waals surface area contributed by atoms with Crippen molar-refractivity contribution in [1.29, 1.82) is 0 Å². The number of carbonyl (C=O) groups is 1. The highest BCUT2D eigenvalue weighted by atomic mass is 35.5. The summed E-state index contributed by atoms with van der Waals surface area (Å²) in [6.07, 6.45) is 2.41. The molecular formula is C18H20ClFN2O.